The summed E-state index contributed by atoms with van der Waals surface area (Å²) in [4.78, 5) is 15.2. The van der Waals surface area contributed by atoms with E-state index in [0.29, 0.717) is 23.8 Å². The molecule has 0 unspecified atom stereocenters. The monoisotopic (exact) mass is 423 g/mol. The molecular formula is C21H25N7O3. The lowest BCUT2D eigenvalue weighted by molar-refractivity contribution is 0.0317. The SMILES string of the molecule is Cc1ccc(O)c(/C=N\Nc2cc(-n3ccnc3)nc(OCCN3CCOCC3)n2)c1. The number of rotatable bonds is 8. The summed E-state index contributed by atoms with van der Waals surface area (Å²) < 4.78 is 12.9. The highest BCUT2D eigenvalue weighted by atomic mass is 16.5. The van der Waals surface area contributed by atoms with Crippen LogP contribution in [0.25, 0.3) is 5.82 Å². The van der Waals surface area contributed by atoms with Crippen LogP contribution in [0.1, 0.15) is 11.1 Å². The Kier molecular flexibility index (Phi) is 6.70. The second kappa shape index (κ2) is 10.0. The van der Waals surface area contributed by atoms with Crippen LogP contribution in [-0.2, 0) is 4.74 Å². The lowest BCUT2D eigenvalue weighted by Crippen LogP contribution is -2.38. The largest absolute Gasteiger partial charge is 0.507 e. The van der Waals surface area contributed by atoms with E-state index >= 15 is 0 Å². The Morgan fingerprint density at radius 1 is 1.26 bits per heavy atom. The van der Waals surface area contributed by atoms with Crippen LogP contribution in [0.3, 0.4) is 0 Å². The number of imidazole rings is 1. The van der Waals surface area contributed by atoms with Crippen LogP contribution in [-0.4, -0.2) is 75.2 Å². The molecule has 0 bridgehead atoms. The van der Waals surface area contributed by atoms with Gasteiger partial charge < -0.3 is 14.6 Å². The number of benzene rings is 1. The number of aryl methyl sites for hydroxylation is 1. The summed E-state index contributed by atoms with van der Waals surface area (Å²) in [5.41, 5.74) is 4.53. The predicted molar refractivity (Wildman–Crippen MR) is 116 cm³/mol. The van der Waals surface area contributed by atoms with Crippen molar-refractivity contribution in [3.8, 4) is 17.6 Å². The molecule has 2 aromatic heterocycles. The van der Waals surface area contributed by atoms with E-state index in [4.69, 9.17) is 9.47 Å². The van der Waals surface area contributed by atoms with Gasteiger partial charge in [-0.3, -0.25) is 14.9 Å². The van der Waals surface area contributed by atoms with Crippen LogP contribution in [0.15, 0.2) is 48.1 Å². The van der Waals surface area contributed by atoms with Crippen molar-refractivity contribution in [2.75, 3.05) is 44.9 Å². The minimum Gasteiger partial charge on any atom is -0.507 e. The van der Waals surface area contributed by atoms with Crippen LogP contribution in [0.5, 0.6) is 11.8 Å². The van der Waals surface area contributed by atoms with Gasteiger partial charge in [-0.05, 0) is 19.1 Å². The molecule has 162 valence electrons. The lowest BCUT2D eigenvalue weighted by atomic mass is 10.1. The zero-order valence-electron chi connectivity index (χ0n) is 17.3. The van der Waals surface area contributed by atoms with Gasteiger partial charge in [0.25, 0.3) is 0 Å². The summed E-state index contributed by atoms with van der Waals surface area (Å²) in [5, 5.41) is 14.2. The lowest BCUT2D eigenvalue weighted by Gasteiger charge is -2.26. The molecule has 0 amide bonds. The molecule has 1 fully saturated rings. The number of aromatic nitrogens is 4. The zero-order chi connectivity index (χ0) is 21.5. The molecular weight excluding hydrogens is 398 g/mol. The van der Waals surface area contributed by atoms with E-state index < -0.39 is 0 Å². The molecule has 0 spiro atoms. The molecule has 2 N–H and O–H groups in total. The van der Waals surface area contributed by atoms with Gasteiger partial charge in [-0.15, -0.1) is 0 Å². The Bertz CT molecular complexity index is 1020. The molecule has 4 rings (SSSR count). The third kappa shape index (κ3) is 5.77. The number of phenolic OH excluding ortho intramolecular Hbond substituents is 1. The van der Waals surface area contributed by atoms with Crippen molar-refractivity contribution < 1.29 is 14.6 Å². The van der Waals surface area contributed by atoms with Crippen molar-refractivity contribution in [1.29, 1.82) is 0 Å². The molecule has 0 radical (unpaired) electrons. The molecule has 1 aromatic carbocycles. The van der Waals surface area contributed by atoms with Gasteiger partial charge in [0.1, 0.15) is 24.5 Å². The van der Waals surface area contributed by atoms with Crippen molar-refractivity contribution >= 4 is 12.0 Å². The van der Waals surface area contributed by atoms with Crippen molar-refractivity contribution in [1.82, 2.24) is 24.4 Å². The maximum atomic E-state index is 9.96. The van der Waals surface area contributed by atoms with Crippen molar-refractivity contribution in [3.63, 3.8) is 0 Å². The second-order valence-corrected chi connectivity index (χ2v) is 7.10. The molecule has 0 saturated carbocycles. The Labute approximate surface area is 180 Å². The molecule has 0 atom stereocenters. The maximum absolute atomic E-state index is 9.96. The molecule has 1 saturated heterocycles. The first-order chi connectivity index (χ1) is 15.2. The van der Waals surface area contributed by atoms with Gasteiger partial charge in [0.05, 0.1) is 19.4 Å². The van der Waals surface area contributed by atoms with Gasteiger partial charge in [0.2, 0.25) is 0 Å². The molecule has 3 heterocycles. The van der Waals surface area contributed by atoms with Gasteiger partial charge in [0, 0.05) is 43.7 Å². The summed E-state index contributed by atoms with van der Waals surface area (Å²) in [6.07, 6.45) is 6.66. The average molecular weight is 423 g/mol. The first kappa shape index (κ1) is 20.8. The van der Waals surface area contributed by atoms with E-state index in [9.17, 15) is 5.11 Å². The Balaban J connectivity index is 1.46. The standard InChI is InChI=1S/C21H25N7O3/c1-16-2-3-18(29)17(12-16)14-23-26-19-13-20(28-5-4-22-15-28)25-21(24-19)31-11-8-27-6-9-30-10-7-27/h2-5,12-15,29H,6-11H2,1H3,(H,24,25,26)/b23-14-. The number of aromatic hydroxyl groups is 1. The minimum atomic E-state index is 0.157. The van der Waals surface area contributed by atoms with Crippen LogP contribution >= 0.6 is 0 Å². The molecule has 3 aromatic rings. The predicted octanol–water partition coefficient (Wildman–Crippen LogP) is 1.83. The molecule has 10 heteroatoms. The number of anilines is 1. The normalized spacial score (nSPS) is 14.7. The van der Waals surface area contributed by atoms with Crippen LogP contribution in [0.2, 0.25) is 0 Å². The number of hydrazone groups is 1. The fourth-order valence-electron chi connectivity index (χ4n) is 3.10. The fourth-order valence-corrected chi connectivity index (χ4v) is 3.10. The molecule has 10 nitrogen and oxygen atoms in total. The number of nitrogens with one attached hydrogen (secondary N) is 1. The van der Waals surface area contributed by atoms with Crippen LogP contribution in [0, 0.1) is 6.92 Å². The summed E-state index contributed by atoms with van der Waals surface area (Å²) >= 11 is 0. The number of phenols is 1. The third-order valence-electron chi connectivity index (χ3n) is 4.77. The van der Waals surface area contributed by atoms with Crippen LogP contribution in [0.4, 0.5) is 5.82 Å². The number of hydrogen-bond donors (Lipinski definition) is 2. The summed E-state index contributed by atoms with van der Waals surface area (Å²) in [7, 11) is 0. The van der Waals surface area contributed by atoms with E-state index in [-0.39, 0.29) is 11.8 Å². The molecule has 31 heavy (non-hydrogen) atoms. The number of ether oxygens (including phenoxy) is 2. The molecule has 0 aliphatic carbocycles. The summed E-state index contributed by atoms with van der Waals surface area (Å²) in [5.74, 6) is 1.22. The van der Waals surface area contributed by atoms with Gasteiger partial charge in [0.15, 0.2) is 5.82 Å². The van der Waals surface area contributed by atoms with Gasteiger partial charge in [-0.25, -0.2) is 4.98 Å². The van der Waals surface area contributed by atoms with E-state index in [0.717, 1.165) is 38.4 Å². The number of nitrogens with zero attached hydrogens (tertiary/aromatic N) is 6. The zero-order valence-corrected chi connectivity index (χ0v) is 17.3. The second-order valence-electron chi connectivity index (χ2n) is 7.10. The quantitative estimate of drug-likeness (QED) is 0.417. The smallest absolute Gasteiger partial charge is 0.320 e. The molecule has 1 aliphatic rings. The van der Waals surface area contributed by atoms with Gasteiger partial charge in [-0.2, -0.15) is 15.1 Å². The first-order valence-corrected chi connectivity index (χ1v) is 10.1. The average Bonchev–Trinajstić information content (AvgIpc) is 3.32. The van der Waals surface area contributed by atoms with Crippen LogP contribution < -0.4 is 10.2 Å². The highest BCUT2D eigenvalue weighted by Crippen LogP contribution is 2.18. The van der Waals surface area contributed by atoms with E-state index in [1.807, 2.05) is 19.1 Å². The number of morpholine rings is 1. The topological polar surface area (TPSA) is 110 Å². The minimum absolute atomic E-state index is 0.157. The Morgan fingerprint density at radius 2 is 2.13 bits per heavy atom. The van der Waals surface area contributed by atoms with E-state index in [1.54, 1.807) is 41.6 Å². The fraction of sp³-hybridized carbons (Fsp3) is 0.333. The van der Waals surface area contributed by atoms with Gasteiger partial charge >= 0.3 is 6.01 Å². The van der Waals surface area contributed by atoms with E-state index in [2.05, 4.69) is 30.4 Å². The first-order valence-electron chi connectivity index (χ1n) is 10.1. The Hall–Kier alpha value is -3.50. The summed E-state index contributed by atoms with van der Waals surface area (Å²) in [6, 6.07) is 7.30. The van der Waals surface area contributed by atoms with E-state index in [1.165, 1.54) is 0 Å². The van der Waals surface area contributed by atoms with Crippen molar-refractivity contribution in [3.05, 3.63) is 54.1 Å². The van der Waals surface area contributed by atoms with Gasteiger partial charge in [-0.1, -0.05) is 11.6 Å². The highest BCUT2D eigenvalue weighted by molar-refractivity contribution is 5.84. The van der Waals surface area contributed by atoms with Crippen molar-refractivity contribution in [2.24, 2.45) is 5.10 Å². The summed E-state index contributed by atoms with van der Waals surface area (Å²) in [6.45, 7) is 6.47. The Morgan fingerprint density at radius 3 is 2.94 bits per heavy atom. The third-order valence-corrected chi connectivity index (χ3v) is 4.77. The molecule has 1 aliphatic heterocycles. The van der Waals surface area contributed by atoms with Crippen molar-refractivity contribution in [2.45, 2.75) is 6.92 Å². The number of hydrogen-bond acceptors (Lipinski definition) is 9. The maximum Gasteiger partial charge on any atom is 0.320 e. The highest BCUT2D eigenvalue weighted by Gasteiger charge is 2.12.